The zero-order valence-corrected chi connectivity index (χ0v) is 19.7. The minimum absolute atomic E-state index is 0.218. The molecular formula is C23H36N6O3. The van der Waals surface area contributed by atoms with E-state index >= 15 is 0 Å². The van der Waals surface area contributed by atoms with Gasteiger partial charge in [0.2, 0.25) is 0 Å². The molecule has 9 nitrogen and oxygen atoms in total. The van der Waals surface area contributed by atoms with Gasteiger partial charge in [0.1, 0.15) is 18.2 Å². The normalized spacial score (nSPS) is 16.4. The molecule has 0 amide bonds. The summed E-state index contributed by atoms with van der Waals surface area (Å²) >= 11 is 0. The predicted molar refractivity (Wildman–Crippen MR) is 124 cm³/mol. The summed E-state index contributed by atoms with van der Waals surface area (Å²) in [7, 11) is 1.96. The van der Waals surface area contributed by atoms with Crippen LogP contribution in [-0.2, 0) is 29.6 Å². The third kappa shape index (κ3) is 7.20. The minimum Gasteiger partial charge on any atom is -0.491 e. The number of hydrogen-bond donors (Lipinski definition) is 2. The predicted octanol–water partition coefficient (Wildman–Crippen LogP) is 2.26. The van der Waals surface area contributed by atoms with Crippen molar-refractivity contribution in [3.63, 3.8) is 0 Å². The molecule has 1 saturated heterocycles. The van der Waals surface area contributed by atoms with Crippen molar-refractivity contribution in [1.82, 2.24) is 25.4 Å². The van der Waals surface area contributed by atoms with Gasteiger partial charge in [0, 0.05) is 32.4 Å². The highest BCUT2D eigenvalue weighted by atomic mass is 16.5. The zero-order valence-electron chi connectivity index (χ0n) is 19.7. The molecule has 3 rings (SSSR count). The average Bonchev–Trinajstić information content (AvgIpc) is 3.42. The van der Waals surface area contributed by atoms with Crippen LogP contribution in [0.3, 0.4) is 0 Å². The van der Waals surface area contributed by atoms with E-state index in [-0.39, 0.29) is 6.10 Å². The Labute approximate surface area is 190 Å². The van der Waals surface area contributed by atoms with Crippen LogP contribution in [0.4, 0.5) is 0 Å². The van der Waals surface area contributed by atoms with Gasteiger partial charge in [-0.1, -0.05) is 12.1 Å². The van der Waals surface area contributed by atoms with E-state index in [1.165, 1.54) is 0 Å². The minimum atomic E-state index is 0.218. The number of guanidine groups is 1. The lowest BCUT2D eigenvalue weighted by atomic mass is 10.1. The Morgan fingerprint density at radius 1 is 1.25 bits per heavy atom. The molecule has 2 N–H and O–H groups in total. The fraction of sp³-hybridized carbons (Fsp3) is 0.609. The van der Waals surface area contributed by atoms with Gasteiger partial charge in [-0.2, -0.15) is 0 Å². The lowest BCUT2D eigenvalue weighted by molar-refractivity contribution is 0.110. The van der Waals surface area contributed by atoms with Crippen LogP contribution in [0.1, 0.15) is 42.5 Å². The number of benzene rings is 1. The number of aliphatic imine (C=N–C) groups is 1. The van der Waals surface area contributed by atoms with Crippen molar-refractivity contribution in [1.29, 1.82) is 0 Å². The number of aromatic nitrogens is 3. The van der Waals surface area contributed by atoms with Crippen molar-refractivity contribution in [3.8, 4) is 5.75 Å². The second-order valence-corrected chi connectivity index (χ2v) is 7.91. The van der Waals surface area contributed by atoms with Gasteiger partial charge in [-0.05, 0) is 45.2 Å². The molecular weight excluding hydrogens is 408 g/mol. The highest BCUT2D eigenvalue weighted by Gasteiger charge is 2.16. The largest absolute Gasteiger partial charge is 0.491 e. The SMILES string of the molecule is CCOCCOc1cc(C)ccc1CN=C(NCc1nnc(C)n1C)NCC1CCCO1. The number of nitrogens with one attached hydrogen (secondary N) is 2. The van der Waals surface area contributed by atoms with Crippen molar-refractivity contribution < 1.29 is 14.2 Å². The van der Waals surface area contributed by atoms with E-state index in [9.17, 15) is 0 Å². The summed E-state index contributed by atoms with van der Waals surface area (Å²) in [6, 6.07) is 6.19. The maximum Gasteiger partial charge on any atom is 0.192 e. The van der Waals surface area contributed by atoms with Crippen molar-refractivity contribution in [2.24, 2.45) is 12.0 Å². The molecule has 9 heteroatoms. The quantitative estimate of drug-likeness (QED) is 0.312. The van der Waals surface area contributed by atoms with Crippen LogP contribution in [-0.4, -0.2) is 59.8 Å². The second-order valence-electron chi connectivity index (χ2n) is 7.91. The first-order chi connectivity index (χ1) is 15.6. The van der Waals surface area contributed by atoms with Gasteiger partial charge in [0.05, 0.1) is 25.8 Å². The molecule has 1 atom stereocenters. The molecule has 0 aliphatic carbocycles. The van der Waals surface area contributed by atoms with Crippen molar-refractivity contribution in [2.75, 3.05) is 33.0 Å². The molecule has 0 saturated carbocycles. The van der Waals surface area contributed by atoms with Gasteiger partial charge in [-0.25, -0.2) is 4.99 Å². The number of aryl methyl sites for hydroxylation is 2. The summed E-state index contributed by atoms with van der Waals surface area (Å²) in [5.41, 5.74) is 2.18. The molecule has 0 radical (unpaired) electrons. The van der Waals surface area contributed by atoms with Gasteiger partial charge in [0.25, 0.3) is 0 Å². The Bertz CT molecular complexity index is 877. The zero-order chi connectivity index (χ0) is 22.8. The molecule has 1 aliphatic heterocycles. The molecule has 1 unspecified atom stereocenters. The van der Waals surface area contributed by atoms with E-state index in [0.717, 1.165) is 54.5 Å². The maximum atomic E-state index is 5.96. The molecule has 2 aromatic rings. The number of rotatable bonds is 11. The van der Waals surface area contributed by atoms with E-state index in [4.69, 9.17) is 19.2 Å². The van der Waals surface area contributed by atoms with Crippen LogP contribution in [0.25, 0.3) is 0 Å². The molecule has 0 bridgehead atoms. The molecule has 1 aromatic heterocycles. The number of hydrogen-bond acceptors (Lipinski definition) is 6. The van der Waals surface area contributed by atoms with Gasteiger partial charge in [-0.3, -0.25) is 0 Å². The molecule has 32 heavy (non-hydrogen) atoms. The first kappa shape index (κ1) is 24.0. The molecule has 1 fully saturated rings. The Kier molecular flexibility index (Phi) is 9.30. The summed E-state index contributed by atoms with van der Waals surface area (Å²) in [4.78, 5) is 4.81. The van der Waals surface area contributed by atoms with Crippen LogP contribution in [0.15, 0.2) is 23.2 Å². The van der Waals surface area contributed by atoms with Crippen molar-refractivity contribution >= 4 is 5.96 Å². The Morgan fingerprint density at radius 3 is 2.84 bits per heavy atom. The van der Waals surface area contributed by atoms with Crippen LogP contribution in [0.5, 0.6) is 5.75 Å². The summed E-state index contributed by atoms with van der Waals surface area (Å²) < 4.78 is 19.1. The number of ether oxygens (including phenoxy) is 3. The summed E-state index contributed by atoms with van der Waals surface area (Å²) in [6.45, 7) is 10.3. The second kappa shape index (κ2) is 12.4. The standard InChI is InChI=1S/C23H36N6O3/c1-5-30-11-12-32-21-13-17(2)8-9-19(21)14-24-23(25-15-20-7-6-10-31-20)26-16-22-28-27-18(3)29(22)4/h8-9,13,20H,5-7,10-12,14-16H2,1-4H3,(H2,24,25,26). The molecule has 2 heterocycles. The summed E-state index contributed by atoms with van der Waals surface area (Å²) in [5.74, 6) is 3.28. The first-order valence-corrected chi connectivity index (χ1v) is 11.4. The van der Waals surface area contributed by atoms with E-state index in [1.54, 1.807) is 0 Å². The topological polar surface area (TPSA) is 94.8 Å². The third-order valence-corrected chi connectivity index (χ3v) is 5.44. The molecule has 176 valence electrons. The smallest absolute Gasteiger partial charge is 0.192 e. The lowest BCUT2D eigenvalue weighted by Crippen LogP contribution is -2.41. The van der Waals surface area contributed by atoms with Gasteiger partial charge in [-0.15, -0.1) is 10.2 Å². The van der Waals surface area contributed by atoms with E-state index in [1.807, 2.05) is 31.5 Å². The molecule has 0 spiro atoms. The summed E-state index contributed by atoms with van der Waals surface area (Å²) in [6.07, 6.45) is 2.39. The van der Waals surface area contributed by atoms with Crippen molar-refractivity contribution in [2.45, 2.75) is 52.8 Å². The Morgan fingerprint density at radius 2 is 2.12 bits per heavy atom. The fourth-order valence-corrected chi connectivity index (χ4v) is 3.40. The van der Waals surface area contributed by atoms with Crippen molar-refractivity contribution in [3.05, 3.63) is 41.0 Å². The van der Waals surface area contributed by atoms with E-state index in [2.05, 4.69) is 39.9 Å². The monoisotopic (exact) mass is 444 g/mol. The Hall–Kier alpha value is -2.65. The summed E-state index contributed by atoms with van der Waals surface area (Å²) in [5, 5.41) is 15.1. The van der Waals surface area contributed by atoms with Gasteiger partial charge < -0.3 is 29.4 Å². The highest BCUT2D eigenvalue weighted by molar-refractivity contribution is 5.79. The lowest BCUT2D eigenvalue weighted by Gasteiger charge is -2.16. The van der Waals surface area contributed by atoms with Gasteiger partial charge in [0.15, 0.2) is 11.8 Å². The molecule has 1 aromatic carbocycles. The van der Waals surface area contributed by atoms with Crippen LogP contribution >= 0.6 is 0 Å². The van der Waals surface area contributed by atoms with Crippen LogP contribution in [0, 0.1) is 13.8 Å². The first-order valence-electron chi connectivity index (χ1n) is 11.4. The van der Waals surface area contributed by atoms with E-state index in [0.29, 0.717) is 38.9 Å². The fourth-order valence-electron chi connectivity index (χ4n) is 3.40. The average molecular weight is 445 g/mol. The van der Waals surface area contributed by atoms with Crippen LogP contribution < -0.4 is 15.4 Å². The maximum absolute atomic E-state index is 5.96. The highest BCUT2D eigenvalue weighted by Crippen LogP contribution is 2.21. The molecule has 1 aliphatic rings. The Balaban J connectivity index is 1.67. The van der Waals surface area contributed by atoms with Crippen LogP contribution in [0.2, 0.25) is 0 Å². The van der Waals surface area contributed by atoms with E-state index < -0.39 is 0 Å². The van der Waals surface area contributed by atoms with Gasteiger partial charge >= 0.3 is 0 Å². The number of nitrogens with zero attached hydrogens (tertiary/aromatic N) is 4. The third-order valence-electron chi connectivity index (χ3n) is 5.44.